The molecule has 3 nitrogen and oxygen atoms in total. The van der Waals surface area contributed by atoms with Gasteiger partial charge in [-0.05, 0) is 43.7 Å². The third-order valence-corrected chi connectivity index (χ3v) is 5.62. The van der Waals surface area contributed by atoms with Gasteiger partial charge in [0.2, 0.25) is 5.91 Å². The third kappa shape index (κ3) is 2.59. The number of nitrogens with zero attached hydrogens (tertiary/aromatic N) is 1. The molecule has 1 atom stereocenters. The second-order valence-corrected chi connectivity index (χ2v) is 6.93. The van der Waals surface area contributed by atoms with Gasteiger partial charge in [-0.15, -0.1) is 11.8 Å². The molecule has 4 heteroatoms. The molecule has 1 aromatic rings. The zero-order valence-corrected chi connectivity index (χ0v) is 13.7. The van der Waals surface area contributed by atoms with Crippen LogP contribution in [0.1, 0.15) is 50.8 Å². The molecule has 1 heterocycles. The molecule has 1 saturated heterocycles. The summed E-state index contributed by atoms with van der Waals surface area (Å²) in [4.78, 5) is 16.2. The molecule has 2 fully saturated rings. The molecule has 114 valence electrons. The molecule has 2 aliphatic rings. The van der Waals surface area contributed by atoms with Crippen molar-refractivity contribution in [3.05, 3.63) is 29.8 Å². The molecule has 3 rings (SSSR count). The Morgan fingerprint density at radius 2 is 1.90 bits per heavy atom. The summed E-state index contributed by atoms with van der Waals surface area (Å²) in [7, 11) is 0. The summed E-state index contributed by atoms with van der Waals surface area (Å²) >= 11 is 1.75. The molecular weight excluding hydrogens is 280 g/mol. The maximum Gasteiger partial charge on any atom is 0.244 e. The largest absolute Gasteiger partial charge is 0.322 e. The number of thioether (sulfide) groups is 1. The highest BCUT2D eigenvalue weighted by Crippen LogP contribution is 2.39. The van der Waals surface area contributed by atoms with Crippen molar-refractivity contribution in [3.63, 3.8) is 0 Å². The lowest BCUT2D eigenvalue weighted by Gasteiger charge is -2.31. The number of amides is 1. The molecule has 1 spiro atoms. The van der Waals surface area contributed by atoms with Crippen molar-refractivity contribution in [1.82, 2.24) is 10.2 Å². The van der Waals surface area contributed by atoms with Crippen molar-refractivity contribution < 1.29 is 4.79 Å². The van der Waals surface area contributed by atoms with Crippen LogP contribution >= 0.6 is 11.8 Å². The minimum atomic E-state index is -0.295. The predicted molar refractivity (Wildman–Crippen MR) is 87.3 cm³/mol. The van der Waals surface area contributed by atoms with Crippen molar-refractivity contribution in [3.8, 4) is 0 Å². The van der Waals surface area contributed by atoms with Gasteiger partial charge in [-0.25, -0.2) is 0 Å². The van der Waals surface area contributed by atoms with E-state index < -0.39 is 0 Å². The summed E-state index contributed by atoms with van der Waals surface area (Å²) < 4.78 is 0. The summed E-state index contributed by atoms with van der Waals surface area (Å²) in [5.41, 5.74) is 0.905. The Morgan fingerprint density at radius 3 is 2.48 bits per heavy atom. The Labute approximate surface area is 131 Å². The van der Waals surface area contributed by atoms with E-state index >= 15 is 0 Å². The highest BCUT2D eigenvalue weighted by atomic mass is 32.2. The fourth-order valence-corrected chi connectivity index (χ4v) is 4.09. The van der Waals surface area contributed by atoms with Gasteiger partial charge in [0.1, 0.15) is 6.17 Å². The number of hydrogen-bond acceptors (Lipinski definition) is 3. The lowest BCUT2D eigenvalue weighted by Crippen LogP contribution is -2.48. The van der Waals surface area contributed by atoms with Crippen LogP contribution in [-0.4, -0.2) is 29.1 Å². The van der Waals surface area contributed by atoms with E-state index in [0.717, 1.165) is 32.2 Å². The summed E-state index contributed by atoms with van der Waals surface area (Å²) in [5.74, 6) is 0.309. The van der Waals surface area contributed by atoms with Crippen LogP contribution in [0.3, 0.4) is 0 Å². The van der Waals surface area contributed by atoms with Crippen LogP contribution in [0.4, 0.5) is 0 Å². The van der Waals surface area contributed by atoms with Gasteiger partial charge < -0.3 is 4.90 Å². The fourth-order valence-electron chi connectivity index (χ4n) is 3.68. The molecule has 1 aliphatic carbocycles. The first-order valence-corrected chi connectivity index (χ1v) is 9.15. The lowest BCUT2D eigenvalue weighted by molar-refractivity contribution is -0.134. The number of rotatable bonds is 3. The number of hydrogen-bond donors (Lipinski definition) is 1. The van der Waals surface area contributed by atoms with E-state index in [0.29, 0.717) is 5.91 Å². The number of nitrogens with one attached hydrogen (secondary N) is 1. The average Bonchev–Trinajstić information content (AvgIpc) is 2.80. The van der Waals surface area contributed by atoms with Crippen molar-refractivity contribution in [2.75, 3.05) is 12.8 Å². The molecule has 0 aromatic heterocycles. The zero-order valence-electron chi connectivity index (χ0n) is 12.9. The van der Waals surface area contributed by atoms with Crippen molar-refractivity contribution in [2.24, 2.45) is 0 Å². The van der Waals surface area contributed by atoms with Crippen LogP contribution < -0.4 is 5.32 Å². The van der Waals surface area contributed by atoms with E-state index in [1.54, 1.807) is 11.8 Å². The second-order valence-electron chi connectivity index (χ2n) is 6.05. The highest BCUT2D eigenvalue weighted by molar-refractivity contribution is 7.98. The van der Waals surface area contributed by atoms with Crippen molar-refractivity contribution in [1.29, 1.82) is 0 Å². The summed E-state index contributed by atoms with van der Waals surface area (Å²) in [6.07, 6.45) is 7.68. The second kappa shape index (κ2) is 6.01. The van der Waals surface area contributed by atoms with Crippen LogP contribution in [-0.2, 0) is 4.79 Å². The molecule has 1 N–H and O–H groups in total. The highest BCUT2D eigenvalue weighted by Gasteiger charge is 2.50. The first-order chi connectivity index (χ1) is 10.2. The monoisotopic (exact) mass is 304 g/mol. The molecular formula is C17H24N2OS. The van der Waals surface area contributed by atoms with E-state index in [4.69, 9.17) is 0 Å². The fraction of sp³-hybridized carbons (Fsp3) is 0.588. The zero-order chi connectivity index (χ0) is 14.9. The smallest absolute Gasteiger partial charge is 0.244 e. The molecule has 1 saturated carbocycles. The Bertz CT molecular complexity index is 508. The average molecular weight is 304 g/mol. The molecule has 1 unspecified atom stereocenters. The van der Waals surface area contributed by atoms with E-state index in [9.17, 15) is 4.79 Å². The first-order valence-electron chi connectivity index (χ1n) is 7.93. The molecule has 1 aliphatic heterocycles. The molecule has 1 aromatic carbocycles. The Morgan fingerprint density at radius 1 is 1.24 bits per heavy atom. The summed E-state index contributed by atoms with van der Waals surface area (Å²) in [5, 5.41) is 3.68. The predicted octanol–water partition coefficient (Wildman–Crippen LogP) is 3.56. The van der Waals surface area contributed by atoms with Crippen molar-refractivity contribution in [2.45, 2.75) is 55.6 Å². The Kier molecular flexibility index (Phi) is 4.27. The van der Waals surface area contributed by atoms with E-state index in [1.807, 2.05) is 4.90 Å². The number of likely N-dealkylation sites (N-methyl/N-ethyl adjacent to an activating group) is 1. The Balaban J connectivity index is 1.88. The topological polar surface area (TPSA) is 32.3 Å². The van der Waals surface area contributed by atoms with Gasteiger partial charge in [-0.2, -0.15) is 0 Å². The van der Waals surface area contributed by atoms with Gasteiger partial charge >= 0.3 is 0 Å². The normalized spacial score (nSPS) is 24.8. The molecule has 21 heavy (non-hydrogen) atoms. The quantitative estimate of drug-likeness (QED) is 0.867. The van der Waals surface area contributed by atoms with Gasteiger partial charge in [-0.1, -0.05) is 31.4 Å². The lowest BCUT2D eigenvalue weighted by atomic mass is 9.81. The Hall–Kier alpha value is -1.00. The molecule has 1 amide bonds. The number of carbonyl (C=O) groups excluding carboxylic acids is 1. The van der Waals surface area contributed by atoms with E-state index in [1.165, 1.54) is 16.9 Å². The molecule has 0 bridgehead atoms. The maximum atomic E-state index is 12.9. The molecule has 0 radical (unpaired) electrons. The van der Waals surface area contributed by atoms with E-state index in [2.05, 4.69) is 42.8 Å². The first kappa shape index (κ1) is 14.9. The van der Waals surface area contributed by atoms with Gasteiger partial charge in [0.25, 0.3) is 0 Å². The summed E-state index contributed by atoms with van der Waals surface area (Å²) in [6.45, 7) is 2.84. The standard InChI is InChI=1S/C17H24N2OS/c1-3-19-15(13-7-9-14(21-2)10-8-13)18-17(16(19)20)11-5-4-6-12-17/h7-10,15,18H,3-6,11-12H2,1-2H3. The van der Waals surface area contributed by atoms with E-state index in [-0.39, 0.29) is 11.7 Å². The van der Waals surface area contributed by atoms with Crippen molar-refractivity contribution >= 4 is 17.7 Å². The van der Waals surface area contributed by atoms with Crippen LogP contribution in [0, 0.1) is 0 Å². The van der Waals surface area contributed by atoms with Gasteiger partial charge in [0.05, 0.1) is 5.54 Å². The van der Waals surface area contributed by atoms with Crippen LogP contribution in [0.15, 0.2) is 29.2 Å². The number of carbonyl (C=O) groups is 1. The number of benzene rings is 1. The van der Waals surface area contributed by atoms with Crippen LogP contribution in [0.25, 0.3) is 0 Å². The minimum Gasteiger partial charge on any atom is -0.322 e. The third-order valence-electron chi connectivity index (χ3n) is 4.87. The van der Waals surface area contributed by atoms with Gasteiger partial charge in [0.15, 0.2) is 0 Å². The van der Waals surface area contributed by atoms with Crippen LogP contribution in [0.2, 0.25) is 0 Å². The SMILES string of the molecule is CCN1C(=O)C2(CCCCC2)NC1c1ccc(SC)cc1. The minimum absolute atomic E-state index is 0.0384. The van der Waals surface area contributed by atoms with Gasteiger partial charge in [-0.3, -0.25) is 10.1 Å². The maximum absolute atomic E-state index is 12.9. The van der Waals surface area contributed by atoms with Gasteiger partial charge in [0, 0.05) is 11.4 Å². The summed E-state index contributed by atoms with van der Waals surface area (Å²) in [6, 6.07) is 8.60. The van der Waals surface area contributed by atoms with Crippen LogP contribution in [0.5, 0.6) is 0 Å².